The Hall–Kier alpha value is -2.21. The summed E-state index contributed by atoms with van der Waals surface area (Å²) < 4.78 is 1.86. The summed E-state index contributed by atoms with van der Waals surface area (Å²) in [6.45, 7) is 1.94. The third-order valence-corrected chi connectivity index (χ3v) is 3.56. The van der Waals surface area contributed by atoms with E-state index in [2.05, 4.69) is 15.0 Å². The minimum Gasteiger partial charge on any atom is -0.375 e. The molecular weight excluding hydrogens is 246 g/mol. The van der Waals surface area contributed by atoms with E-state index in [0.29, 0.717) is 5.13 Å². The van der Waals surface area contributed by atoms with Crippen molar-refractivity contribution < 1.29 is 0 Å². The van der Waals surface area contributed by atoms with Crippen LogP contribution in [0, 0.1) is 6.92 Å². The lowest BCUT2D eigenvalue weighted by Crippen LogP contribution is -1.95. The standard InChI is InChI=1S/C12H11N5S/c1-8-11(18-12(13)15-8)9-3-2-4-10(16-9)17-6-5-14-7-17/h2-7H,1H3,(H2,13,15). The highest BCUT2D eigenvalue weighted by Gasteiger charge is 2.10. The number of nitrogens with zero attached hydrogens (tertiary/aromatic N) is 4. The van der Waals surface area contributed by atoms with E-state index in [1.165, 1.54) is 11.3 Å². The van der Waals surface area contributed by atoms with E-state index < -0.39 is 0 Å². The number of imidazole rings is 1. The van der Waals surface area contributed by atoms with Crippen LogP contribution in [0.25, 0.3) is 16.4 Å². The molecule has 6 heteroatoms. The van der Waals surface area contributed by atoms with E-state index in [9.17, 15) is 0 Å². The molecule has 3 rings (SSSR count). The van der Waals surface area contributed by atoms with Crippen molar-refractivity contribution >= 4 is 16.5 Å². The summed E-state index contributed by atoms with van der Waals surface area (Å²) in [7, 11) is 0. The smallest absolute Gasteiger partial charge is 0.180 e. The van der Waals surface area contributed by atoms with Crippen molar-refractivity contribution in [2.24, 2.45) is 0 Å². The molecule has 3 aromatic rings. The number of anilines is 1. The fourth-order valence-electron chi connectivity index (χ4n) is 1.74. The lowest BCUT2D eigenvalue weighted by molar-refractivity contribution is 0.996. The third-order valence-electron chi connectivity index (χ3n) is 2.55. The number of nitrogens with two attached hydrogens (primary N) is 1. The second-order valence-electron chi connectivity index (χ2n) is 3.82. The van der Waals surface area contributed by atoms with Crippen molar-refractivity contribution in [1.29, 1.82) is 0 Å². The second-order valence-corrected chi connectivity index (χ2v) is 4.85. The summed E-state index contributed by atoms with van der Waals surface area (Å²) in [6, 6.07) is 5.86. The number of hydrogen-bond acceptors (Lipinski definition) is 5. The molecule has 0 saturated carbocycles. The first-order valence-corrected chi connectivity index (χ1v) is 6.24. The molecule has 0 aliphatic rings. The lowest BCUT2D eigenvalue weighted by Gasteiger charge is -2.03. The van der Waals surface area contributed by atoms with Gasteiger partial charge in [-0.05, 0) is 19.1 Å². The van der Waals surface area contributed by atoms with Gasteiger partial charge in [0, 0.05) is 12.4 Å². The molecular formula is C12H11N5S. The number of aryl methyl sites for hydroxylation is 1. The van der Waals surface area contributed by atoms with Crippen LogP contribution < -0.4 is 5.73 Å². The van der Waals surface area contributed by atoms with Crippen molar-refractivity contribution in [1.82, 2.24) is 19.5 Å². The lowest BCUT2D eigenvalue weighted by atomic mass is 10.2. The fourth-order valence-corrected chi connectivity index (χ4v) is 2.55. The quantitative estimate of drug-likeness (QED) is 0.764. The predicted octanol–water partition coefficient (Wildman–Crippen LogP) is 2.28. The van der Waals surface area contributed by atoms with Crippen LogP contribution in [0.15, 0.2) is 36.9 Å². The zero-order valence-corrected chi connectivity index (χ0v) is 10.6. The fraction of sp³-hybridized carbons (Fsp3) is 0.0833. The molecule has 0 amide bonds. The van der Waals surface area contributed by atoms with Gasteiger partial charge >= 0.3 is 0 Å². The number of hydrogen-bond donors (Lipinski definition) is 1. The van der Waals surface area contributed by atoms with Crippen molar-refractivity contribution in [2.45, 2.75) is 6.92 Å². The van der Waals surface area contributed by atoms with Gasteiger partial charge in [0.25, 0.3) is 0 Å². The monoisotopic (exact) mass is 257 g/mol. The number of pyridine rings is 1. The summed E-state index contributed by atoms with van der Waals surface area (Å²) in [6.07, 6.45) is 5.31. The van der Waals surface area contributed by atoms with Crippen molar-refractivity contribution in [2.75, 3.05) is 5.73 Å². The molecule has 18 heavy (non-hydrogen) atoms. The number of nitrogen functional groups attached to an aromatic ring is 1. The largest absolute Gasteiger partial charge is 0.375 e. The molecule has 3 heterocycles. The molecule has 0 saturated heterocycles. The molecule has 0 aliphatic heterocycles. The summed E-state index contributed by atoms with van der Waals surface area (Å²) in [5.41, 5.74) is 7.51. The molecule has 0 atom stereocenters. The van der Waals surface area contributed by atoms with Crippen molar-refractivity contribution in [3.63, 3.8) is 0 Å². The number of aromatic nitrogens is 4. The maximum atomic E-state index is 5.71. The molecule has 0 fully saturated rings. The number of thiazole rings is 1. The van der Waals surface area contributed by atoms with Crippen LogP contribution in [0.5, 0.6) is 0 Å². The van der Waals surface area contributed by atoms with E-state index in [-0.39, 0.29) is 0 Å². The Morgan fingerprint density at radius 3 is 2.83 bits per heavy atom. The molecule has 5 nitrogen and oxygen atoms in total. The summed E-state index contributed by atoms with van der Waals surface area (Å²) in [4.78, 5) is 13.8. The average molecular weight is 257 g/mol. The normalized spacial score (nSPS) is 10.7. The highest BCUT2D eigenvalue weighted by molar-refractivity contribution is 7.18. The molecule has 0 radical (unpaired) electrons. The zero-order valence-electron chi connectivity index (χ0n) is 9.74. The predicted molar refractivity (Wildman–Crippen MR) is 71.6 cm³/mol. The van der Waals surface area contributed by atoms with Crippen LogP contribution in [-0.2, 0) is 0 Å². The van der Waals surface area contributed by atoms with E-state index in [1.807, 2.05) is 35.9 Å². The van der Waals surface area contributed by atoms with Gasteiger partial charge in [-0.25, -0.2) is 15.0 Å². The Morgan fingerprint density at radius 2 is 2.17 bits per heavy atom. The van der Waals surface area contributed by atoms with Gasteiger partial charge in [0.2, 0.25) is 0 Å². The topological polar surface area (TPSA) is 69.6 Å². The zero-order chi connectivity index (χ0) is 12.5. The maximum absolute atomic E-state index is 5.71. The van der Waals surface area contributed by atoms with Crippen LogP contribution in [0.3, 0.4) is 0 Å². The third kappa shape index (κ3) is 1.86. The van der Waals surface area contributed by atoms with E-state index >= 15 is 0 Å². The second kappa shape index (κ2) is 4.23. The van der Waals surface area contributed by atoms with Crippen LogP contribution in [0.4, 0.5) is 5.13 Å². The first kappa shape index (κ1) is 10.9. The van der Waals surface area contributed by atoms with Gasteiger partial charge in [-0.3, -0.25) is 4.57 Å². The molecule has 2 N–H and O–H groups in total. The average Bonchev–Trinajstić information content (AvgIpc) is 2.99. The van der Waals surface area contributed by atoms with Gasteiger partial charge in [-0.1, -0.05) is 17.4 Å². The summed E-state index contributed by atoms with van der Waals surface area (Å²) in [5, 5.41) is 0.567. The van der Waals surface area contributed by atoms with Gasteiger partial charge in [0.1, 0.15) is 12.1 Å². The first-order chi connectivity index (χ1) is 8.74. The van der Waals surface area contributed by atoms with E-state index in [0.717, 1.165) is 22.1 Å². The van der Waals surface area contributed by atoms with Crippen LogP contribution in [-0.4, -0.2) is 19.5 Å². The molecule has 3 aromatic heterocycles. The minimum atomic E-state index is 0.567. The molecule has 90 valence electrons. The van der Waals surface area contributed by atoms with Gasteiger partial charge in [0.05, 0.1) is 16.3 Å². The Balaban J connectivity index is 2.09. The number of rotatable bonds is 2. The van der Waals surface area contributed by atoms with Gasteiger partial charge in [0.15, 0.2) is 5.13 Å². The van der Waals surface area contributed by atoms with Crippen molar-refractivity contribution in [3.05, 3.63) is 42.6 Å². The molecule has 0 aliphatic carbocycles. The molecule has 0 spiro atoms. The Labute approximate surface area is 108 Å². The highest BCUT2D eigenvalue weighted by atomic mass is 32.1. The van der Waals surface area contributed by atoms with Gasteiger partial charge in [-0.15, -0.1) is 0 Å². The molecule has 0 aromatic carbocycles. The summed E-state index contributed by atoms with van der Waals surface area (Å²) in [5.74, 6) is 0.830. The Kier molecular flexibility index (Phi) is 2.56. The minimum absolute atomic E-state index is 0.567. The maximum Gasteiger partial charge on any atom is 0.180 e. The van der Waals surface area contributed by atoms with Crippen LogP contribution in [0.2, 0.25) is 0 Å². The van der Waals surface area contributed by atoms with Crippen LogP contribution >= 0.6 is 11.3 Å². The van der Waals surface area contributed by atoms with Gasteiger partial charge in [-0.2, -0.15) is 0 Å². The molecule has 0 bridgehead atoms. The summed E-state index contributed by atoms with van der Waals surface area (Å²) >= 11 is 1.45. The first-order valence-electron chi connectivity index (χ1n) is 5.43. The van der Waals surface area contributed by atoms with Crippen molar-refractivity contribution in [3.8, 4) is 16.4 Å². The Bertz CT molecular complexity index is 672. The Morgan fingerprint density at radius 1 is 1.28 bits per heavy atom. The SMILES string of the molecule is Cc1nc(N)sc1-c1cccc(-n2ccnc2)n1. The van der Waals surface area contributed by atoms with E-state index in [1.54, 1.807) is 12.5 Å². The molecule has 0 unspecified atom stereocenters. The van der Waals surface area contributed by atoms with Crippen LogP contribution in [0.1, 0.15) is 5.69 Å². The highest BCUT2D eigenvalue weighted by Crippen LogP contribution is 2.30. The van der Waals surface area contributed by atoms with Gasteiger partial charge < -0.3 is 5.73 Å². The van der Waals surface area contributed by atoms with E-state index in [4.69, 9.17) is 5.73 Å².